The summed E-state index contributed by atoms with van der Waals surface area (Å²) < 4.78 is 5.93. The lowest BCUT2D eigenvalue weighted by Gasteiger charge is -2.28. The maximum Gasteiger partial charge on any atom is 0.253 e. The van der Waals surface area contributed by atoms with E-state index >= 15 is 0 Å². The zero-order valence-electron chi connectivity index (χ0n) is 15.7. The molecule has 1 aromatic carbocycles. The fourth-order valence-electron chi connectivity index (χ4n) is 3.54. The second kappa shape index (κ2) is 8.50. The van der Waals surface area contributed by atoms with Gasteiger partial charge in [-0.1, -0.05) is 36.6 Å². The molecule has 28 heavy (non-hydrogen) atoms. The van der Waals surface area contributed by atoms with Crippen LogP contribution in [0.1, 0.15) is 48.9 Å². The molecule has 0 bridgehead atoms. The Balaban J connectivity index is 1.57. The van der Waals surface area contributed by atoms with Crippen molar-refractivity contribution in [2.24, 2.45) is 5.92 Å². The first-order valence-electron chi connectivity index (χ1n) is 9.98. The summed E-state index contributed by atoms with van der Waals surface area (Å²) in [6, 6.07) is 9.03. The van der Waals surface area contributed by atoms with Crippen molar-refractivity contribution in [2.75, 3.05) is 6.61 Å². The highest BCUT2D eigenvalue weighted by Gasteiger charge is 2.26. The van der Waals surface area contributed by atoms with Gasteiger partial charge in [-0.2, -0.15) is 0 Å². The number of carbonyl (C=O) groups is 1. The van der Waals surface area contributed by atoms with Gasteiger partial charge >= 0.3 is 0 Å². The van der Waals surface area contributed by atoms with Crippen LogP contribution in [0, 0.1) is 5.92 Å². The van der Waals surface area contributed by atoms with Crippen LogP contribution in [0.4, 0.5) is 0 Å². The fraction of sp³-hybridized carbons (Fsp3) is 0.455. The number of nitrogens with one attached hydrogen (secondary N) is 1. The zero-order valence-corrected chi connectivity index (χ0v) is 16.5. The van der Waals surface area contributed by atoms with Crippen LogP contribution >= 0.6 is 11.6 Å². The van der Waals surface area contributed by atoms with E-state index in [2.05, 4.69) is 10.3 Å². The number of halogens is 1. The van der Waals surface area contributed by atoms with E-state index in [9.17, 15) is 9.90 Å². The minimum Gasteiger partial charge on any atom is -0.477 e. The molecule has 6 heteroatoms. The van der Waals surface area contributed by atoms with Crippen molar-refractivity contribution < 1.29 is 14.6 Å². The summed E-state index contributed by atoms with van der Waals surface area (Å²) in [5.74, 6) is 0.918. The van der Waals surface area contributed by atoms with Crippen LogP contribution in [-0.2, 0) is 0 Å². The molecule has 1 aromatic heterocycles. The molecule has 2 N–H and O–H groups in total. The van der Waals surface area contributed by atoms with E-state index < -0.39 is 6.10 Å². The molecule has 148 valence electrons. The number of aromatic nitrogens is 1. The predicted molar refractivity (Wildman–Crippen MR) is 109 cm³/mol. The lowest BCUT2D eigenvalue weighted by atomic mass is 9.92. The normalized spacial score (nSPS) is 21.9. The lowest BCUT2D eigenvalue weighted by Crippen LogP contribution is -2.45. The molecule has 0 aliphatic heterocycles. The number of amides is 1. The molecular formula is C22H25ClN2O3. The van der Waals surface area contributed by atoms with E-state index in [1.165, 1.54) is 12.8 Å². The van der Waals surface area contributed by atoms with Gasteiger partial charge in [0.2, 0.25) is 5.88 Å². The minimum atomic E-state index is -0.484. The molecule has 2 aliphatic carbocycles. The van der Waals surface area contributed by atoms with Crippen LogP contribution in [-0.4, -0.2) is 34.8 Å². The van der Waals surface area contributed by atoms with Crippen LogP contribution in [0.25, 0.3) is 11.1 Å². The molecule has 2 aliphatic rings. The third-order valence-corrected chi connectivity index (χ3v) is 5.72. The predicted octanol–water partition coefficient (Wildman–Crippen LogP) is 4.22. The van der Waals surface area contributed by atoms with Crippen LogP contribution in [0.15, 0.2) is 36.5 Å². The van der Waals surface area contributed by atoms with Gasteiger partial charge in [0.25, 0.3) is 5.91 Å². The number of aliphatic hydroxyl groups excluding tert-OH is 1. The molecular weight excluding hydrogens is 376 g/mol. The lowest BCUT2D eigenvalue weighted by molar-refractivity contribution is 0.0717. The van der Waals surface area contributed by atoms with Gasteiger partial charge in [0.05, 0.1) is 24.3 Å². The van der Waals surface area contributed by atoms with Crippen molar-refractivity contribution >= 4 is 17.5 Å². The van der Waals surface area contributed by atoms with Crippen molar-refractivity contribution in [1.82, 2.24) is 10.3 Å². The van der Waals surface area contributed by atoms with Gasteiger partial charge in [-0.25, -0.2) is 4.98 Å². The monoisotopic (exact) mass is 400 g/mol. The summed E-state index contributed by atoms with van der Waals surface area (Å²) in [5.41, 5.74) is 2.13. The summed E-state index contributed by atoms with van der Waals surface area (Å²) in [6.07, 6.45) is 7.00. The van der Waals surface area contributed by atoms with E-state index in [4.69, 9.17) is 16.3 Å². The fourth-order valence-corrected chi connectivity index (χ4v) is 3.67. The Morgan fingerprint density at radius 1 is 1.18 bits per heavy atom. The number of ether oxygens (including phenoxy) is 1. The van der Waals surface area contributed by atoms with E-state index in [1.54, 1.807) is 6.20 Å². The SMILES string of the molecule is O=C(N[C@H]1CCCC[C@H]1O)c1cnc(OCC2CC2)c(-c2ccc(Cl)cc2)c1. The second-order valence-corrected chi connectivity index (χ2v) is 8.21. The number of benzene rings is 1. The Bertz CT molecular complexity index is 836. The topological polar surface area (TPSA) is 71.5 Å². The number of hydrogen-bond donors (Lipinski definition) is 2. The molecule has 0 saturated heterocycles. The quantitative estimate of drug-likeness (QED) is 0.761. The number of carbonyl (C=O) groups excluding carboxylic acids is 1. The van der Waals surface area contributed by atoms with Crippen molar-refractivity contribution in [3.8, 4) is 17.0 Å². The number of nitrogens with zero attached hydrogens (tertiary/aromatic N) is 1. The van der Waals surface area contributed by atoms with Gasteiger partial charge in [-0.05, 0) is 55.4 Å². The van der Waals surface area contributed by atoms with Gasteiger partial charge < -0.3 is 15.2 Å². The van der Waals surface area contributed by atoms with Crippen molar-refractivity contribution in [3.05, 3.63) is 47.1 Å². The molecule has 5 nitrogen and oxygen atoms in total. The van der Waals surface area contributed by atoms with Crippen LogP contribution in [0.3, 0.4) is 0 Å². The first-order valence-corrected chi connectivity index (χ1v) is 10.4. The average molecular weight is 401 g/mol. The number of rotatable bonds is 6. The van der Waals surface area contributed by atoms with Gasteiger partial charge in [0.1, 0.15) is 0 Å². The Morgan fingerprint density at radius 2 is 1.93 bits per heavy atom. The maximum atomic E-state index is 12.8. The standard InChI is InChI=1S/C22H25ClN2O3/c23-17-9-7-15(8-10-17)18-11-16(12-24-22(18)28-13-14-5-6-14)21(27)25-19-3-1-2-4-20(19)26/h7-12,14,19-20,26H,1-6,13H2,(H,25,27)/t19-,20+/m0/s1. The zero-order chi connectivity index (χ0) is 19.5. The average Bonchev–Trinajstić information content (AvgIpc) is 3.53. The Kier molecular flexibility index (Phi) is 5.83. The second-order valence-electron chi connectivity index (χ2n) is 7.77. The van der Waals surface area contributed by atoms with Crippen LogP contribution < -0.4 is 10.1 Å². The Hall–Kier alpha value is -2.11. The van der Waals surface area contributed by atoms with E-state index in [1.807, 2.05) is 30.3 Å². The largest absolute Gasteiger partial charge is 0.477 e. The van der Waals surface area contributed by atoms with E-state index in [0.717, 1.165) is 36.8 Å². The number of hydrogen-bond acceptors (Lipinski definition) is 4. The molecule has 1 amide bonds. The summed E-state index contributed by atoms with van der Waals surface area (Å²) in [5, 5.41) is 13.7. The van der Waals surface area contributed by atoms with Crippen molar-refractivity contribution in [3.63, 3.8) is 0 Å². The first-order chi connectivity index (χ1) is 13.6. The van der Waals surface area contributed by atoms with E-state index in [-0.39, 0.29) is 11.9 Å². The molecule has 2 fully saturated rings. The van der Waals surface area contributed by atoms with Gasteiger partial charge in [-0.3, -0.25) is 4.79 Å². The third-order valence-electron chi connectivity index (χ3n) is 5.47. The molecule has 0 spiro atoms. The highest BCUT2D eigenvalue weighted by atomic mass is 35.5. The molecule has 0 radical (unpaired) electrons. The van der Waals surface area contributed by atoms with Crippen molar-refractivity contribution in [1.29, 1.82) is 0 Å². The Labute approximate surface area is 170 Å². The summed E-state index contributed by atoms with van der Waals surface area (Å²) in [4.78, 5) is 17.2. The Morgan fingerprint density at radius 3 is 2.64 bits per heavy atom. The van der Waals surface area contributed by atoms with Crippen LogP contribution in [0.2, 0.25) is 5.02 Å². The molecule has 1 heterocycles. The molecule has 0 unspecified atom stereocenters. The highest BCUT2D eigenvalue weighted by molar-refractivity contribution is 6.30. The number of aliphatic hydroxyl groups is 1. The molecule has 4 rings (SSSR count). The molecule has 2 saturated carbocycles. The van der Waals surface area contributed by atoms with Crippen molar-refractivity contribution in [2.45, 2.75) is 50.7 Å². The number of pyridine rings is 1. The minimum absolute atomic E-state index is 0.203. The van der Waals surface area contributed by atoms with Gasteiger partial charge in [0.15, 0.2) is 0 Å². The highest BCUT2D eigenvalue weighted by Crippen LogP contribution is 2.33. The maximum absolute atomic E-state index is 12.8. The van der Waals surface area contributed by atoms with Gasteiger partial charge in [-0.15, -0.1) is 0 Å². The summed E-state index contributed by atoms with van der Waals surface area (Å²) in [6.45, 7) is 0.646. The summed E-state index contributed by atoms with van der Waals surface area (Å²) in [7, 11) is 0. The smallest absolute Gasteiger partial charge is 0.253 e. The molecule has 2 aromatic rings. The van der Waals surface area contributed by atoms with Crippen LogP contribution in [0.5, 0.6) is 5.88 Å². The molecule has 2 atom stereocenters. The third kappa shape index (κ3) is 4.65. The summed E-state index contributed by atoms with van der Waals surface area (Å²) >= 11 is 6.02. The van der Waals surface area contributed by atoms with E-state index in [0.29, 0.717) is 29.0 Å². The first kappa shape index (κ1) is 19.2. The van der Waals surface area contributed by atoms with Gasteiger partial charge in [0, 0.05) is 16.8 Å².